The molecule has 2 unspecified atom stereocenters. The van der Waals surface area contributed by atoms with Crippen molar-refractivity contribution in [3.8, 4) is 0 Å². The molecule has 1 heterocycles. The molecule has 6 heteroatoms. The predicted molar refractivity (Wildman–Crippen MR) is 87.0 cm³/mol. The molecule has 0 aromatic carbocycles. The van der Waals surface area contributed by atoms with Gasteiger partial charge < -0.3 is 4.90 Å². The molecule has 1 saturated carbocycles. The van der Waals surface area contributed by atoms with Crippen LogP contribution in [0.3, 0.4) is 0 Å². The normalized spacial score (nSPS) is 22.9. The van der Waals surface area contributed by atoms with Crippen LogP contribution in [0.2, 0.25) is 5.02 Å². The van der Waals surface area contributed by atoms with Crippen molar-refractivity contribution >= 4 is 11.6 Å². The SMILES string of the molecule is CN(C)CCn1ncc(Cl)c1C(NN)C1CCCC1(C)C. The highest BCUT2D eigenvalue weighted by Crippen LogP contribution is 2.49. The summed E-state index contributed by atoms with van der Waals surface area (Å²) in [6.45, 7) is 6.39. The third-order valence-corrected chi connectivity index (χ3v) is 5.10. The van der Waals surface area contributed by atoms with Gasteiger partial charge in [-0.2, -0.15) is 5.10 Å². The van der Waals surface area contributed by atoms with Crippen LogP contribution >= 0.6 is 11.6 Å². The highest BCUT2D eigenvalue weighted by atomic mass is 35.5. The third-order valence-electron chi connectivity index (χ3n) is 4.81. The molecule has 0 amide bonds. The number of hydrogen-bond donors (Lipinski definition) is 2. The number of hydrazine groups is 1. The number of likely N-dealkylation sites (N-methyl/N-ethyl adjacent to an activating group) is 1. The Morgan fingerprint density at radius 1 is 1.57 bits per heavy atom. The molecule has 0 radical (unpaired) electrons. The van der Waals surface area contributed by atoms with Crippen molar-refractivity contribution < 1.29 is 0 Å². The number of nitrogens with zero attached hydrogens (tertiary/aromatic N) is 3. The van der Waals surface area contributed by atoms with Gasteiger partial charge in [-0.15, -0.1) is 0 Å². The summed E-state index contributed by atoms with van der Waals surface area (Å²) in [6.07, 6.45) is 5.40. The number of halogens is 1. The van der Waals surface area contributed by atoms with Gasteiger partial charge in [0.1, 0.15) is 0 Å². The number of rotatable bonds is 6. The van der Waals surface area contributed by atoms with E-state index < -0.39 is 0 Å². The fourth-order valence-electron chi connectivity index (χ4n) is 3.51. The molecule has 120 valence electrons. The smallest absolute Gasteiger partial charge is 0.0834 e. The Bertz CT molecular complexity index is 469. The van der Waals surface area contributed by atoms with E-state index in [9.17, 15) is 0 Å². The van der Waals surface area contributed by atoms with E-state index in [2.05, 4.69) is 43.4 Å². The standard InChI is InChI=1S/C15H28ClN5/c1-15(2)7-5-6-11(15)13(19-17)14-12(16)10-18-21(14)9-8-20(3)4/h10-11,13,19H,5-9,17H2,1-4H3. The second kappa shape index (κ2) is 6.65. The summed E-state index contributed by atoms with van der Waals surface area (Å²) < 4.78 is 2.00. The van der Waals surface area contributed by atoms with Crippen molar-refractivity contribution in [3.63, 3.8) is 0 Å². The first-order valence-corrected chi connectivity index (χ1v) is 8.06. The minimum atomic E-state index is 0.0552. The number of nitrogens with two attached hydrogens (primary N) is 1. The first-order chi connectivity index (χ1) is 9.86. The first kappa shape index (κ1) is 16.7. The molecule has 2 atom stereocenters. The average Bonchev–Trinajstić information content (AvgIpc) is 2.93. The summed E-state index contributed by atoms with van der Waals surface area (Å²) in [5, 5.41) is 5.15. The fraction of sp³-hybridized carbons (Fsp3) is 0.800. The van der Waals surface area contributed by atoms with Crippen molar-refractivity contribution in [1.82, 2.24) is 20.1 Å². The van der Waals surface area contributed by atoms with Crippen LogP contribution in [0.1, 0.15) is 44.8 Å². The lowest BCUT2D eigenvalue weighted by Crippen LogP contribution is -2.39. The molecule has 1 fully saturated rings. The van der Waals surface area contributed by atoms with Gasteiger partial charge in [-0.3, -0.25) is 16.0 Å². The van der Waals surface area contributed by atoms with Crippen molar-refractivity contribution in [2.75, 3.05) is 20.6 Å². The zero-order valence-electron chi connectivity index (χ0n) is 13.6. The van der Waals surface area contributed by atoms with Gasteiger partial charge >= 0.3 is 0 Å². The molecule has 0 bridgehead atoms. The lowest BCUT2D eigenvalue weighted by molar-refractivity contribution is 0.190. The maximum absolute atomic E-state index is 6.41. The van der Waals surface area contributed by atoms with Crippen LogP contribution in [0.15, 0.2) is 6.20 Å². The largest absolute Gasteiger partial charge is 0.308 e. The monoisotopic (exact) mass is 313 g/mol. The molecular formula is C15H28ClN5. The van der Waals surface area contributed by atoms with Crippen molar-refractivity contribution in [1.29, 1.82) is 0 Å². The fourth-order valence-corrected chi connectivity index (χ4v) is 3.77. The Hall–Kier alpha value is -0.620. The lowest BCUT2D eigenvalue weighted by atomic mass is 9.76. The van der Waals surface area contributed by atoms with E-state index >= 15 is 0 Å². The van der Waals surface area contributed by atoms with Crippen LogP contribution in [0.4, 0.5) is 0 Å². The number of nitrogens with one attached hydrogen (secondary N) is 1. The molecule has 0 saturated heterocycles. The maximum atomic E-state index is 6.41. The van der Waals surface area contributed by atoms with Crippen molar-refractivity contribution in [3.05, 3.63) is 16.9 Å². The molecule has 1 aromatic heterocycles. The molecule has 1 aromatic rings. The quantitative estimate of drug-likeness (QED) is 0.625. The summed E-state index contributed by atoms with van der Waals surface area (Å²) in [5.41, 5.74) is 4.32. The van der Waals surface area contributed by atoms with Crippen LogP contribution in [0.5, 0.6) is 0 Å². The second-order valence-electron chi connectivity index (χ2n) is 7.04. The second-order valence-corrected chi connectivity index (χ2v) is 7.44. The molecule has 0 spiro atoms. The Morgan fingerprint density at radius 2 is 2.29 bits per heavy atom. The van der Waals surface area contributed by atoms with E-state index in [0.717, 1.165) is 18.8 Å². The molecule has 3 N–H and O–H groups in total. The summed E-state index contributed by atoms with van der Waals surface area (Å²) in [6, 6.07) is 0.0552. The summed E-state index contributed by atoms with van der Waals surface area (Å²) in [4.78, 5) is 2.14. The highest BCUT2D eigenvalue weighted by molar-refractivity contribution is 6.31. The summed E-state index contributed by atoms with van der Waals surface area (Å²) in [7, 11) is 4.12. The topological polar surface area (TPSA) is 59.1 Å². The molecule has 0 aliphatic heterocycles. The van der Waals surface area contributed by atoms with Crippen LogP contribution in [0.25, 0.3) is 0 Å². The Kier molecular flexibility index (Phi) is 5.30. The van der Waals surface area contributed by atoms with E-state index in [1.807, 2.05) is 4.68 Å². The van der Waals surface area contributed by atoms with Crippen LogP contribution in [-0.2, 0) is 6.54 Å². The maximum Gasteiger partial charge on any atom is 0.0834 e. The molecular weight excluding hydrogens is 286 g/mol. The molecule has 1 aliphatic carbocycles. The summed E-state index contributed by atoms with van der Waals surface area (Å²) in [5.74, 6) is 6.38. The van der Waals surface area contributed by atoms with E-state index in [-0.39, 0.29) is 11.5 Å². The van der Waals surface area contributed by atoms with E-state index in [4.69, 9.17) is 17.4 Å². The molecule has 21 heavy (non-hydrogen) atoms. The predicted octanol–water partition coefficient (Wildman–Crippen LogP) is 2.43. The van der Waals surface area contributed by atoms with Gasteiger partial charge in [0.05, 0.1) is 29.5 Å². The van der Waals surface area contributed by atoms with E-state index in [1.54, 1.807) is 6.20 Å². The zero-order valence-corrected chi connectivity index (χ0v) is 14.3. The van der Waals surface area contributed by atoms with Gasteiger partial charge in [0.25, 0.3) is 0 Å². The van der Waals surface area contributed by atoms with Gasteiger partial charge in [0, 0.05) is 6.54 Å². The van der Waals surface area contributed by atoms with Gasteiger partial charge in [0.2, 0.25) is 0 Å². The van der Waals surface area contributed by atoms with Gasteiger partial charge in [-0.25, -0.2) is 0 Å². The van der Waals surface area contributed by atoms with Crippen LogP contribution in [0, 0.1) is 11.3 Å². The Labute approximate surface area is 132 Å². The molecule has 1 aliphatic rings. The van der Waals surface area contributed by atoms with Crippen LogP contribution in [-0.4, -0.2) is 35.3 Å². The van der Waals surface area contributed by atoms with E-state index in [0.29, 0.717) is 10.9 Å². The Morgan fingerprint density at radius 3 is 2.81 bits per heavy atom. The van der Waals surface area contributed by atoms with E-state index in [1.165, 1.54) is 19.3 Å². The number of hydrogen-bond acceptors (Lipinski definition) is 4. The highest BCUT2D eigenvalue weighted by Gasteiger charge is 2.41. The molecule has 2 rings (SSSR count). The minimum Gasteiger partial charge on any atom is -0.308 e. The lowest BCUT2D eigenvalue weighted by Gasteiger charge is -2.34. The Balaban J connectivity index is 2.27. The summed E-state index contributed by atoms with van der Waals surface area (Å²) >= 11 is 6.41. The third kappa shape index (κ3) is 3.59. The zero-order chi connectivity index (χ0) is 15.6. The average molecular weight is 314 g/mol. The van der Waals surface area contributed by atoms with Crippen molar-refractivity contribution in [2.24, 2.45) is 17.2 Å². The van der Waals surface area contributed by atoms with Crippen LogP contribution < -0.4 is 11.3 Å². The van der Waals surface area contributed by atoms with Crippen molar-refractivity contribution in [2.45, 2.75) is 45.7 Å². The van der Waals surface area contributed by atoms with Gasteiger partial charge in [-0.1, -0.05) is 31.9 Å². The minimum absolute atomic E-state index is 0.0552. The molecule has 5 nitrogen and oxygen atoms in total. The number of aromatic nitrogens is 2. The van der Waals surface area contributed by atoms with Gasteiger partial charge in [-0.05, 0) is 38.3 Å². The van der Waals surface area contributed by atoms with Gasteiger partial charge in [0.15, 0.2) is 0 Å². The first-order valence-electron chi connectivity index (χ1n) is 7.69.